The van der Waals surface area contributed by atoms with E-state index in [2.05, 4.69) is 20.4 Å². The number of aromatic nitrogens is 2. The van der Waals surface area contributed by atoms with Crippen LogP contribution < -0.4 is 10.1 Å². The number of ether oxygens (including phenoxy) is 1. The average Bonchev–Trinajstić information content (AvgIpc) is 2.69. The van der Waals surface area contributed by atoms with Crippen molar-refractivity contribution in [3.8, 4) is 5.75 Å². The second-order valence-corrected chi connectivity index (χ2v) is 8.09. The maximum absolute atomic E-state index is 12.2. The molecular formula is C22H20Cl2N4O2. The molecule has 0 atom stereocenters. The normalized spacial score (nSPS) is 14.2. The summed E-state index contributed by atoms with van der Waals surface area (Å²) in [5, 5.41) is 11.5. The molecule has 1 amide bonds. The lowest BCUT2D eigenvalue weighted by atomic mass is 9.98. The summed E-state index contributed by atoms with van der Waals surface area (Å²) in [5.74, 6) is 0.788. The molecule has 0 saturated carbocycles. The van der Waals surface area contributed by atoms with Gasteiger partial charge in [0.1, 0.15) is 12.4 Å². The Hall–Kier alpha value is -2.67. The van der Waals surface area contributed by atoms with Gasteiger partial charge in [0.05, 0.1) is 24.0 Å². The van der Waals surface area contributed by atoms with Crippen molar-refractivity contribution >= 4 is 34.8 Å². The van der Waals surface area contributed by atoms with Crippen LogP contribution in [0.25, 0.3) is 0 Å². The highest BCUT2D eigenvalue weighted by atomic mass is 35.5. The number of anilines is 1. The van der Waals surface area contributed by atoms with E-state index in [-0.39, 0.29) is 11.8 Å². The quantitative estimate of drug-likeness (QED) is 0.585. The molecule has 1 fully saturated rings. The van der Waals surface area contributed by atoms with Gasteiger partial charge in [-0.3, -0.25) is 9.69 Å². The van der Waals surface area contributed by atoms with Crippen LogP contribution in [0, 0.1) is 5.92 Å². The molecule has 30 heavy (non-hydrogen) atoms. The summed E-state index contributed by atoms with van der Waals surface area (Å²) in [7, 11) is 0. The molecule has 0 radical (unpaired) electrons. The second-order valence-electron chi connectivity index (χ2n) is 7.22. The first kappa shape index (κ1) is 20.6. The summed E-state index contributed by atoms with van der Waals surface area (Å²) < 4.78 is 5.81. The fourth-order valence-electron chi connectivity index (χ4n) is 3.28. The van der Waals surface area contributed by atoms with E-state index in [4.69, 9.17) is 27.9 Å². The van der Waals surface area contributed by atoms with Crippen LogP contribution in [0.3, 0.4) is 0 Å². The Morgan fingerprint density at radius 1 is 1.03 bits per heavy atom. The van der Waals surface area contributed by atoms with Gasteiger partial charge in [-0.1, -0.05) is 35.3 Å². The number of nitrogens with one attached hydrogen (secondary N) is 1. The third-order valence-corrected chi connectivity index (χ3v) is 5.27. The molecule has 3 aromatic rings. The molecule has 8 heteroatoms. The van der Waals surface area contributed by atoms with Gasteiger partial charge in [0.15, 0.2) is 0 Å². The summed E-state index contributed by atoms with van der Waals surface area (Å²) in [5.41, 5.74) is 2.76. The molecule has 154 valence electrons. The third-order valence-electron chi connectivity index (χ3n) is 4.84. The average molecular weight is 443 g/mol. The zero-order valence-corrected chi connectivity index (χ0v) is 17.6. The first-order valence-electron chi connectivity index (χ1n) is 9.52. The summed E-state index contributed by atoms with van der Waals surface area (Å²) in [4.78, 5) is 14.5. The lowest BCUT2D eigenvalue weighted by Gasteiger charge is -2.38. The number of benzene rings is 2. The van der Waals surface area contributed by atoms with Gasteiger partial charge in [-0.15, -0.1) is 0 Å². The molecule has 0 unspecified atom stereocenters. The molecule has 1 saturated heterocycles. The van der Waals surface area contributed by atoms with Crippen LogP contribution in [0.2, 0.25) is 10.0 Å². The molecule has 2 heterocycles. The lowest BCUT2D eigenvalue weighted by molar-refractivity contribution is -0.125. The Kier molecular flexibility index (Phi) is 6.47. The molecule has 2 aromatic carbocycles. The van der Waals surface area contributed by atoms with Gasteiger partial charge in [-0.2, -0.15) is 10.2 Å². The standard InChI is InChI=1S/C22H20Cl2N4O2/c23-18-7-16(8-19(24)9-18)14-30-21-3-1-15(2-4-21)11-28-12-17(13-28)22(29)27-20-5-6-25-26-10-20/h1-10,17H,11-14H2,(H,25,27,29). The Labute approximate surface area is 184 Å². The third kappa shape index (κ3) is 5.48. The summed E-state index contributed by atoms with van der Waals surface area (Å²) in [6.45, 7) is 2.66. The molecule has 4 rings (SSSR count). The van der Waals surface area contributed by atoms with Crippen LogP contribution in [0.5, 0.6) is 5.75 Å². The number of halogens is 2. The maximum atomic E-state index is 12.2. The molecule has 1 N–H and O–H groups in total. The van der Waals surface area contributed by atoms with E-state index < -0.39 is 0 Å². The minimum atomic E-state index is -0.00899. The Balaban J connectivity index is 1.22. The highest BCUT2D eigenvalue weighted by molar-refractivity contribution is 6.34. The van der Waals surface area contributed by atoms with Crippen LogP contribution in [0.15, 0.2) is 60.9 Å². The molecule has 1 aliphatic rings. The molecule has 0 bridgehead atoms. The monoisotopic (exact) mass is 442 g/mol. The fraction of sp³-hybridized carbons (Fsp3) is 0.227. The van der Waals surface area contributed by atoms with Crippen molar-refractivity contribution < 1.29 is 9.53 Å². The van der Waals surface area contributed by atoms with Crippen molar-refractivity contribution in [1.82, 2.24) is 15.1 Å². The van der Waals surface area contributed by atoms with Crippen molar-refractivity contribution in [3.63, 3.8) is 0 Å². The van der Waals surface area contributed by atoms with E-state index in [0.29, 0.717) is 22.3 Å². The maximum Gasteiger partial charge on any atom is 0.230 e. The highest BCUT2D eigenvalue weighted by Gasteiger charge is 2.32. The van der Waals surface area contributed by atoms with Crippen molar-refractivity contribution in [2.45, 2.75) is 13.2 Å². The predicted octanol–water partition coefficient (Wildman–Crippen LogP) is 4.43. The van der Waals surface area contributed by atoms with Gasteiger partial charge < -0.3 is 10.1 Å². The summed E-state index contributed by atoms with van der Waals surface area (Å²) in [6, 6.07) is 15.1. The van der Waals surface area contributed by atoms with Gasteiger partial charge in [0.25, 0.3) is 0 Å². The first-order valence-corrected chi connectivity index (χ1v) is 10.3. The number of hydrogen-bond acceptors (Lipinski definition) is 5. The van der Waals surface area contributed by atoms with Crippen LogP contribution >= 0.6 is 23.2 Å². The smallest absolute Gasteiger partial charge is 0.230 e. The highest BCUT2D eigenvalue weighted by Crippen LogP contribution is 2.23. The molecule has 1 aromatic heterocycles. The first-order chi connectivity index (χ1) is 14.5. The molecular weight excluding hydrogens is 423 g/mol. The number of rotatable bonds is 7. The van der Waals surface area contributed by atoms with E-state index in [1.54, 1.807) is 24.5 Å². The number of hydrogen-bond donors (Lipinski definition) is 1. The minimum absolute atomic E-state index is 0.00899. The summed E-state index contributed by atoms with van der Waals surface area (Å²) in [6.07, 6.45) is 3.10. The Morgan fingerprint density at radius 2 is 1.77 bits per heavy atom. The van der Waals surface area contributed by atoms with Gasteiger partial charge in [-0.05, 0) is 47.5 Å². The van der Waals surface area contributed by atoms with Gasteiger partial charge >= 0.3 is 0 Å². The van der Waals surface area contributed by atoms with E-state index in [1.165, 1.54) is 5.56 Å². The van der Waals surface area contributed by atoms with Gasteiger partial charge in [0.2, 0.25) is 5.91 Å². The van der Waals surface area contributed by atoms with Gasteiger partial charge in [-0.25, -0.2) is 0 Å². The van der Waals surface area contributed by atoms with Crippen LogP contribution in [-0.4, -0.2) is 34.1 Å². The van der Waals surface area contributed by atoms with Crippen LogP contribution in [-0.2, 0) is 17.9 Å². The summed E-state index contributed by atoms with van der Waals surface area (Å²) >= 11 is 12.0. The predicted molar refractivity (Wildman–Crippen MR) is 117 cm³/mol. The number of nitrogens with zero attached hydrogens (tertiary/aromatic N) is 3. The zero-order valence-electron chi connectivity index (χ0n) is 16.1. The number of carbonyl (C=O) groups is 1. The van der Waals surface area contributed by atoms with Crippen molar-refractivity contribution in [2.24, 2.45) is 5.92 Å². The van der Waals surface area contributed by atoms with Crippen LogP contribution in [0.4, 0.5) is 5.69 Å². The Bertz CT molecular complexity index is 989. The van der Waals surface area contributed by atoms with E-state index in [1.807, 2.05) is 36.4 Å². The molecule has 0 spiro atoms. The zero-order chi connectivity index (χ0) is 20.9. The topological polar surface area (TPSA) is 67.4 Å². The van der Waals surface area contributed by atoms with E-state index in [0.717, 1.165) is 30.9 Å². The van der Waals surface area contributed by atoms with Crippen molar-refractivity contribution in [2.75, 3.05) is 18.4 Å². The molecule has 6 nitrogen and oxygen atoms in total. The van der Waals surface area contributed by atoms with E-state index in [9.17, 15) is 4.79 Å². The largest absolute Gasteiger partial charge is 0.489 e. The number of carbonyl (C=O) groups excluding carboxylic acids is 1. The van der Waals surface area contributed by atoms with Gasteiger partial charge in [0, 0.05) is 29.7 Å². The lowest BCUT2D eigenvalue weighted by Crippen LogP contribution is -2.51. The molecule has 1 aliphatic heterocycles. The van der Waals surface area contributed by atoms with Crippen molar-refractivity contribution in [1.29, 1.82) is 0 Å². The second kappa shape index (κ2) is 9.43. The van der Waals surface area contributed by atoms with E-state index >= 15 is 0 Å². The SMILES string of the molecule is O=C(Nc1ccnnc1)C1CN(Cc2ccc(OCc3cc(Cl)cc(Cl)c3)cc2)C1. The van der Waals surface area contributed by atoms with Crippen LogP contribution in [0.1, 0.15) is 11.1 Å². The molecule has 0 aliphatic carbocycles. The fourth-order valence-corrected chi connectivity index (χ4v) is 3.86. The number of amides is 1. The Morgan fingerprint density at radius 3 is 2.43 bits per heavy atom. The minimum Gasteiger partial charge on any atom is -0.489 e. The van der Waals surface area contributed by atoms with Crippen molar-refractivity contribution in [3.05, 3.63) is 82.1 Å². The number of likely N-dealkylation sites (tertiary alicyclic amines) is 1.